The van der Waals surface area contributed by atoms with E-state index in [0.717, 1.165) is 5.56 Å². The van der Waals surface area contributed by atoms with E-state index in [1.165, 1.54) is 31.4 Å². The Morgan fingerprint density at radius 1 is 0.935 bits per heavy atom. The van der Waals surface area contributed by atoms with Gasteiger partial charge >= 0.3 is 11.9 Å². The van der Waals surface area contributed by atoms with Crippen molar-refractivity contribution in [2.45, 2.75) is 6.61 Å². The third-order valence-electron chi connectivity index (χ3n) is 4.81. The number of carboxylic acids is 2. The van der Waals surface area contributed by atoms with E-state index in [-0.39, 0.29) is 52.9 Å². The molecule has 0 amide bonds. The summed E-state index contributed by atoms with van der Waals surface area (Å²) >= 11 is 0. The summed E-state index contributed by atoms with van der Waals surface area (Å²) in [6.07, 6.45) is 0. The van der Waals surface area contributed by atoms with Crippen molar-refractivity contribution in [2.24, 2.45) is 0 Å². The van der Waals surface area contributed by atoms with Gasteiger partial charge in [-0.3, -0.25) is 0 Å². The maximum absolute atomic E-state index is 12.0. The van der Waals surface area contributed by atoms with Gasteiger partial charge in [-0.15, -0.1) is 0 Å². The Balaban J connectivity index is 1.89. The Morgan fingerprint density at radius 2 is 1.68 bits per heavy atom. The average Bonchev–Trinajstić information content (AvgIpc) is 3.26. The van der Waals surface area contributed by atoms with Crippen LogP contribution in [-0.4, -0.2) is 36.1 Å². The van der Waals surface area contributed by atoms with Crippen molar-refractivity contribution in [3.63, 3.8) is 0 Å². The molecule has 8 nitrogen and oxygen atoms in total. The summed E-state index contributed by atoms with van der Waals surface area (Å²) in [6.45, 7) is 0.114. The molecule has 1 heterocycles. The number of hydrogen-bond acceptors (Lipinski definition) is 6. The Morgan fingerprint density at radius 3 is 2.35 bits per heavy atom. The van der Waals surface area contributed by atoms with E-state index in [9.17, 15) is 19.8 Å². The van der Waals surface area contributed by atoms with Crippen LogP contribution in [0.5, 0.6) is 23.0 Å². The fourth-order valence-electron chi connectivity index (χ4n) is 3.37. The number of methoxy groups -OCH3 is 1. The van der Waals surface area contributed by atoms with E-state index in [0.29, 0.717) is 5.75 Å². The molecule has 2 N–H and O–H groups in total. The Hall–Kier alpha value is -4.20. The first-order chi connectivity index (χ1) is 15.0. The van der Waals surface area contributed by atoms with Gasteiger partial charge in [0.1, 0.15) is 6.61 Å². The van der Waals surface area contributed by atoms with Crippen LogP contribution in [0, 0.1) is 0 Å². The van der Waals surface area contributed by atoms with Gasteiger partial charge in [-0.1, -0.05) is 30.3 Å². The first-order valence-electron chi connectivity index (χ1n) is 9.28. The number of rotatable bonds is 7. The minimum Gasteiger partial charge on any atom is -0.493 e. The molecule has 1 aliphatic heterocycles. The van der Waals surface area contributed by atoms with Crippen LogP contribution in [-0.2, 0) is 6.61 Å². The van der Waals surface area contributed by atoms with Crippen LogP contribution in [0.2, 0.25) is 0 Å². The quantitative estimate of drug-likeness (QED) is 0.586. The topological polar surface area (TPSA) is 112 Å². The third-order valence-corrected chi connectivity index (χ3v) is 4.81. The van der Waals surface area contributed by atoms with Gasteiger partial charge in [0.15, 0.2) is 23.0 Å². The van der Waals surface area contributed by atoms with Gasteiger partial charge in [0.2, 0.25) is 6.79 Å². The predicted molar refractivity (Wildman–Crippen MR) is 109 cm³/mol. The monoisotopic (exact) mass is 422 g/mol. The van der Waals surface area contributed by atoms with E-state index in [1.807, 2.05) is 30.3 Å². The molecule has 3 aromatic carbocycles. The minimum atomic E-state index is -1.25. The van der Waals surface area contributed by atoms with Gasteiger partial charge in [-0.05, 0) is 29.8 Å². The summed E-state index contributed by atoms with van der Waals surface area (Å²) in [5.41, 5.74) is 0.849. The summed E-state index contributed by atoms with van der Waals surface area (Å²) in [4.78, 5) is 23.9. The smallest absolute Gasteiger partial charge is 0.336 e. The SMILES string of the molecule is COc1cc(C(=O)O)c(-c2c(C(=O)O)ccc3c2OCO3)cc1OCc1ccccc1. The molecule has 1 aliphatic rings. The standard InChI is InChI=1S/C23H18O8/c1-28-18-10-16(23(26)27)15(9-19(18)29-11-13-5-3-2-4-6-13)20-14(22(24)25)7-8-17-21(20)31-12-30-17/h2-10H,11-12H2,1H3,(H,24,25)(H,26,27). The summed E-state index contributed by atoms with van der Waals surface area (Å²) in [5.74, 6) is -1.51. The van der Waals surface area contributed by atoms with Crippen LogP contribution in [0.4, 0.5) is 0 Å². The van der Waals surface area contributed by atoms with E-state index in [4.69, 9.17) is 18.9 Å². The van der Waals surface area contributed by atoms with Gasteiger partial charge in [0.25, 0.3) is 0 Å². The van der Waals surface area contributed by atoms with E-state index in [1.54, 1.807) is 0 Å². The van der Waals surface area contributed by atoms with Crippen LogP contribution in [0.1, 0.15) is 26.3 Å². The maximum atomic E-state index is 12.0. The lowest BCUT2D eigenvalue weighted by Gasteiger charge is -2.17. The normalized spacial score (nSPS) is 11.8. The lowest BCUT2D eigenvalue weighted by Crippen LogP contribution is -2.07. The molecule has 0 aromatic heterocycles. The Bertz CT molecular complexity index is 1150. The van der Waals surface area contributed by atoms with Gasteiger partial charge in [0.05, 0.1) is 18.2 Å². The molecule has 158 valence electrons. The lowest BCUT2D eigenvalue weighted by molar-refractivity contribution is 0.0684. The molecule has 0 aliphatic carbocycles. The fraction of sp³-hybridized carbons (Fsp3) is 0.130. The van der Waals surface area contributed by atoms with E-state index < -0.39 is 11.9 Å². The number of hydrogen-bond donors (Lipinski definition) is 2. The minimum absolute atomic E-state index is 0.0959. The summed E-state index contributed by atoms with van der Waals surface area (Å²) in [5, 5.41) is 19.5. The number of carboxylic acid groups (broad SMARTS) is 2. The number of carbonyl (C=O) groups is 2. The largest absolute Gasteiger partial charge is 0.493 e. The summed E-state index contributed by atoms with van der Waals surface area (Å²) in [7, 11) is 1.40. The molecule has 0 fully saturated rings. The molecule has 0 atom stereocenters. The van der Waals surface area contributed by atoms with Gasteiger partial charge in [0, 0.05) is 11.1 Å². The van der Waals surface area contributed by atoms with Crippen LogP contribution in [0.3, 0.4) is 0 Å². The second kappa shape index (κ2) is 8.27. The van der Waals surface area contributed by atoms with Crippen molar-refractivity contribution in [3.8, 4) is 34.1 Å². The second-order valence-corrected chi connectivity index (χ2v) is 6.66. The molecule has 0 saturated carbocycles. The molecule has 0 radical (unpaired) electrons. The van der Waals surface area contributed by atoms with Crippen molar-refractivity contribution in [2.75, 3.05) is 13.9 Å². The van der Waals surface area contributed by atoms with Crippen LogP contribution >= 0.6 is 0 Å². The molecule has 31 heavy (non-hydrogen) atoms. The average molecular weight is 422 g/mol. The number of benzene rings is 3. The van der Waals surface area contributed by atoms with Crippen LogP contribution < -0.4 is 18.9 Å². The number of aromatic carboxylic acids is 2. The van der Waals surface area contributed by atoms with Gasteiger partial charge in [-0.2, -0.15) is 0 Å². The van der Waals surface area contributed by atoms with Crippen molar-refractivity contribution >= 4 is 11.9 Å². The van der Waals surface area contributed by atoms with Crippen molar-refractivity contribution in [1.82, 2.24) is 0 Å². The zero-order chi connectivity index (χ0) is 22.0. The first-order valence-corrected chi connectivity index (χ1v) is 9.28. The van der Waals surface area contributed by atoms with Crippen LogP contribution in [0.15, 0.2) is 54.6 Å². The first kappa shape index (κ1) is 20.1. The highest BCUT2D eigenvalue weighted by molar-refractivity contribution is 6.05. The van der Waals surface area contributed by atoms with E-state index >= 15 is 0 Å². The lowest BCUT2D eigenvalue weighted by atomic mass is 9.93. The van der Waals surface area contributed by atoms with Gasteiger partial charge in [-0.25, -0.2) is 9.59 Å². The molecule has 3 aromatic rings. The highest BCUT2D eigenvalue weighted by Crippen LogP contribution is 2.47. The zero-order valence-electron chi connectivity index (χ0n) is 16.5. The number of fused-ring (bicyclic) bond motifs is 1. The Labute approximate surface area is 177 Å². The predicted octanol–water partition coefficient (Wildman–Crippen LogP) is 4.07. The Kier molecular flexibility index (Phi) is 5.36. The third kappa shape index (κ3) is 3.83. The molecular formula is C23H18O8. The number of ether oxygens (including phenoxy) is 4. The molecule has 8 heteroatoms. The summed E-state index contributed by atoms with van der Waals surface area (Å²) in [6, 6.07) is 15.0. The van der Waals surface area contributed by atoms with Crippen molar-refractivity contribution < 1.29 is 38.7 Å². The highest BCUT2D eigenvalue weighted by Gasteiger charge is 2.29. The molecule has 0 saturated heterocycles. The van der Waals surface area contributed by atoms with Gasteiger partial charge < -0.3 is 29.2 Å². The van der Waals surface area contributed by atoms with E-state index in [2.05, 4.69) is 0 Å². The zero-order valence-corrected chi connectivity index (χ0v) is 16.5. The molecule has 0 spiro atoms. The molecule has 0 unspecified atom stereocenters. The van der Waals surface area contributed by atoms with Crippen molar-refractivity contribution in [1.29, 1.82) is 0 Å². The maximum Gasteiger partial charge on any atom is 0.336 e. The summed E-state index contributed by atoms with van der Waals surface area (Å²) < 4.78 is 22.1. The molecular weight excluding hydrogens is 404 g/mol. The second-order valence-electron chi connectivity index (χ2n) is 6.66. The van der Waals surface area contributed by atoms with Crippen LogP contribution in [0.25, 0.3) is 11.1 Å². The molecule has 4 rings (SSSR count). The fourth-order valence-corrected chi connectivity index (χ4v) is 3.37. The molecule has 0 bridgehead atoms. The van der Waals surface area contributed by atoms with Crippen molar-refractivity contribution in [3.05, 3.63) is 71.3 Å². The highest BCUT2D eigenvalue weighted by atomic mass is 16.7.